The molecule has 3 nitrogen and oxygen atoms in total. The van der Waals surface area contributed by atoms with Crippen LogP contribution in [0.4, 0.5) is 39.5 Å². The van der Waals surface area contributed by atoms with Gasteiger partial charge in [0.1, 0.15) is 11.0 Å². The van der Waals surface area contributed by atoms with Gasteiger partial charge in [0, 0.05) is 5.92 Å². The summed E-state index contributed by atoms with van der Waals surface area (Å²) in [6.45, 7) is 6.12. The Morgan fingerprint density at radius 1 is 1.04 bits per heavy atom. The molecule has 162 valence electrons. The second kappa shape index (κ2) is 8.80. The SMILES string of the molecule is C=CC(C)C1CCCC[SH+]1.O=S(=O)([O-])C(F)(F)C(F)(F)C(F)(F)C(F)(F)F. The van der Waals surface area contributed by atoms with Crippen molar-refractivity contribution in [2.45, 2.75) is 54.7 Å². The first kappa shape index (κ1) is 26.4. The number of hydrogen-bond donors (Lipinski definition) is 0. The average Bonchev–Trinajstić information content (AvgIpc) is 2.53. The third-order valence-corrected chi connectivity index (χ3v) is 6.34. The third kappa shape index (κ3) is 5.68. The zero-order chi connectivity index (χ0) is 21.9. The number of halogens is 9. The van der Waals surface area contributed by atoms with Crippen LogP contribution in [-0.2, 0) is 21.9 Å². The molecule has 14 heteroatoms. The number of hydrogen-bond acceptors (Lipinski definition) is 3. The highest BCUT2D eigenvalue weighted by Gasteiger charge is 2.83. The van der Waals surface area contributed by atoms with Crippen molar-refractivity contribution in [3.63, 3.8) is 0 Å². The molecular formula is C13H17F9O3S2. The van der Waals surface area contributed by atoms with Crippen molar-refractivity contribution in [2.24, 2.45) is 5.92 Å². The van der Waals surface area contributed by atoms with Gasteiger partial charge in [-0.25, -0.2) is 8.42 Å². The zero-order valence-electron chi connectivity index (χ0n) is 13.7. The Morgan fingerprint density at radius 2 is 1.52 bits per heavy atom. The molecule has 0 spiro atoms. The first-order chi connectivity index (χ1) is 11.8. The van der Waals surface area contributed by atoms with Gasteiger partial charge in [-0.05, 0) is 31.0 Å². The van der Waals surface area contributed by atoms with Crippen LogP contribution >= 0.6 is 0 Å². The first-order valence-electron chi connectivity index (χ1n) is 7.29. The van der Waals surface area contributed by atoms with Crippen LogP contribution in [-0.4, -0.2) is 47.2 Å². The summed E-state index contributed by atoms with van der Waals surface area (Å²) in [5, 5.41) is -6.19. The molecule has 2 unspecified atom stereocenters. The van der Waals surface area contributed by atoms with Crippen LogP contribution in [0.5, 0.6) is 0 Å². The fraction of sp³-hybridized carbons (Fsp3) is 0.846. The van der Waals surface area contributed by atoms with Gasteiger partial charge in [0.05, 0.1) is 0 Å². The Morgan fingerprint density at radius 3 is 1.81 bits per heavy atom. The number of thiol groups is 1. The second-order valence-corrected chi connectivity index (χ2v) is 8.58. The molecule has 2 atom stereocenters. The van der Waals surface area contributed by atoms with Gasteiger partial charge in [-0.1, -0.05) is 13.0 Å². The molecule has 1 heterocycles. The van der Waals surface area contributed by atoms with E-state index in [1.165, 1.54) is 25.0 Å². The van der Waals surface area contributed by atoms with Crippen molar-refractivity contribution in [2.75, 3.05) is 5.75 Å². The molecule has 0 aliphatic carbocycles. The van der Waals surface area contributed by atoms with E-state index in [-0.39, 0.29) is 0 Å². The maximum atomic E-state index is 12.2. The molecule has 27 heavy (non-hydrogen) atoms. The molecule has 0 N–H and O–H groups in total. The van der Waals surface area contributed by atoms with E-state index in [1.807, 2.05) is 0 Å². The highest BCUT2D eigenvalue weighted by molar-refractivity contribution is 7.86. The smallest absolute Gasteiger partial charge is 0.460 e. The van der Waals surface area contributed by atoms with Gasteiger partial charge in [-0.2, -0.15) is 39.5 Å². The maximum Gasteiger partial charge on any atom is 0.460 e. The number of alkyl halides is 9. The fourth-order valence-corrected chi connectivity index (χ4v) is 3.92. The molecule has 1 saturated heterocycles. The van der Waals surface area contributed by atoms with Crippen molar-refractivity contribution in [1.29, 1.82) is 0 Å². The molecule has 1 rings (SSSR count). The quantitative estimate of drug-likeness (QED) is 0.206. The van der Waals surface area contributed by atoms with Crippen LogP contribution < -0.4 is 0 Å². The van der Waals surface area contributed by atoms with E-state index in [0.717, 1.165) is 11.2 Å². The van der Waals surface area contributed by atoms with Crippen molar-refractivity contribution < 1.29 is 52.5 Å². The largest absolute Gasteiger partial charge is 0.743 e. The van der Waals surface area contributed by atoms with Gasteiger partial charge in [-0.3, -0.25) is 0 Å². The van der Waals surface area contributed by atoms with Gasteiger partial charge in [0.2, 0.25) is 0 Å². The van der Waals surface area contributed by atoms with E-state index >= 15 is 0 Å². The third-order valence-electron chi connectivity index (χ3n) is 3.68. The number of rotatable bonds is 5. The molecule has 0 aromatic carbocycles. The maximum absolute atomic E-state index is 12.2. The molecular weight excluding hydrogens is 439 g/mol. The van der Waals surface area contributed by atoms with Crippen molar-refractivity contribution in [3.05, 3.63) is 12.7 Å². The molecule has 0 bridgehead atoms. The van der Waals surface area contributed by atoms with E-state index in [1.54, 1.807) is 11.8 Å². The molecule has 0 aromatic heterocycles. The minimum absolute atomic E-state index is 0.738. The summed E-state index contributed by atoms with van der Waals surface area (Å²) in [5.41, 5.74) is 0. The first-order valence-corrected chi connectivity index (χ1v) is 9.85. The Kier molecular flexibility index (Phi) is 8.60. The molecule has 1 aliphatic rings. The summed E-state index contributed by atoms with van der Waals surface area (Å²) < 4.78 is 135. The Balaban J connectivity index is 0.000000569. The lowest BCUT2D eigenvalue weighted by Crippen LogP contribution is -2.63. The monoisotopic (exact) mass is 456 g/mol. The lowest BCUT2D eigenvalue weighted by atomic mass is 10.0. The standard InChI is InChI=1S/C9H16S.C4HF9O3S/c1-3-8(2)9-6-4-5-7-10-9;5-1(6,3(9,10)11)2(7,8)4(12,13)17(14,15)16/h3,8-9H,1,4-7H2,2H3;(H,14,15,16). The number of allylic oxidation sites excluding steroid dienone is 1. The van der Waals surface area contributed by atoms with Gasteiger partial charge >= 0.3 is 23.3 Å². The van der Waals surface area contributed by atoms with Crippen LogP contribution in [0.15, 0.2) is 12.7 Å². The Labute approximate surface area is 154 Å². The predicted octanol–water partition coefficient (Wildman–Crippen LogP) is 4.13. The zero-order valence-corrected chi connectivity index (χ0v) is 15.5. The Bertz CT molecular complexity index is 597. The normalized spacial score (nSPS) is 21.1. The van der Waals surface area contributed by atoms with Crippen LogP contribution in [0.2, 0.25) is 0 Å². The topological polar surface area (TPSA) is 57.2 Å². The highest BCUT2D eigenvalue weighted by atomic mass is 32.2. The molecule has 0 saturated carbocycles. The minimum Gasteiger partial charge on any atom is -0.743 e. The van der Waals surface area contributed by atoms with E-state index in [9.17, 15) is 52.5 Å². The van der Waals surface area contributed by atoms with E-state index in [0.29, 0.717) is 0 Å². The highest BCUT2D eigenvalue weighted by Crippen LogP contribution is 2.54. The Hall–Kier alpha value is -0.630. The molecule has 0 radical (unpaired) electrons. The minimum atomic E-state index is -7.43. The van der Waals surface area contributed by atoms with Crippen molar-refractivity contribution >= 4 is 21.9 Å². The van der Waals surface area contributed by atoms with E-state index in [2.05, 4.69) is 19.6 Å². The van der Waals surface area contributed by atoms with Gasteiger partial charge in [0.15, 0.2) is 10.1 Å². The summed E-state index contributed by atoms with van der Waals surface area (Å²) in [7, 11) is -7.42. The summed E-state index contributed by atoms with van der Waals surface area (Å²) in [6.07, 6.45) is -0.750. The summed E-state index contributed by atoms with van der Waals surface area (Å²) in [5.74, 6) is -12.7. The summed E-state index contributed by atoms with van der Waals surface area (Å²) in [6, 6.07) is 0. The molecule has 0 amide bonds. The van der Waals surface area contributed by atoms with Crippen LogP contribution in [0.1, 0.15) is 26.2 Å². The van der Waals surface area contributed by atoms with Gasteiger partial charge in [-0.15, -0.1) is 6.58 Å². The van der Waals surface area contributed by atoms with Crippen LogP contribution in [0, 0.1) is 5.92 Å². The van der Waals surface area contributed by atoms with Crippen molar-refractivity contribution in [3.8, 4) is 0 Å². The van der Waals surface area contributed by atoms with Crippen LogP contribution in [0.25, 0.3) is 0 Å². The molecule has 1 fully saturated rings. The molecule has 1 aliphatic heterocycles. The van der Waals surface area contributed by atoms with E-state index < -0.39 is 33.4 Å². The second-order valence-electron chi connectivity index (χ2n) is 5.68. The van der Waals surface area contributed by atoms with Crippen LogP contribution in [0.3, 0.4) is 0 Å². The lowest BCUT2D eigenvalue weighted by Gasteiger charge is -2.34. The summed E-state index contributed by atoms with van der Waals surface area (Å²) in [4.78, 5) is 0. The van der Waals surface area contributed by atoms with Gasteiger partial charge in [0.25, 0.3) is 0 Å². The summed E-state index contributed by atoms with van der Waals surface area (Å²) >= 11 is 1.67. The van der Waals surface area contributed by atoms with Crippen molar-refractivity contribution in [1.82, 2.24) is 0 Å². The fourth-order valence-electron chi connectivity index (χ4n) is 1.92. The molecule has 0 aromatic rings. The average molecular weight is 456 g/mol. The lowest BCUT2D eigenvalue weighted by molar-refractivity contribution is -0.382. The van der Waals surface area contributed by atoms with Gasteiger partial charge < -0.3 is 4.55 Å². The predicted molar refractivity (Wildman–Crippen MR) is 81.2 cm³/mol. The van der Waals surface area contributed by atoms with E-state index in [4.69, 9.17) is 0 Å².